The number of benzene rings is 1. The fourth-order valence-corrected chi connectivity index (χ4v) is 3.57. The molecule has 0 atom stereocenters. The number of anilines is 2. The quantitative estimate of drug-likeness (QED) is 0.733. The van der Waals surface area contributed by atoms with Crippen LogP contribution in [-0.2, 0) is 9.53 Å². The molecule has 9 heteroatoms. The van der Waals surface area contributed by atoms with Crippen molar-refractivity contribution in [1.82, 2.24) is 15.1 Å². The molecule has 0 spiro atoms. The molecule has 2 aromatic rings. The van der Waals surface area contributed by atoms with Gasteiger partial charge < -0.3 is 24.2 Å². The van der Waals surface area contributed by atoms with E-state index in [4.69, 9.17) is 21.1 Å². The summed E-state index contributed by atoms with van der Waals surface area (Å²) in [6.07, 6.45) is 1.78. The van der Waals surface area contributed by atoms with Gasteiger partial charge in [-0.2, -0.15) is 5.10 Å². The number of piperazine rings is 1. The SMILES string of the molecule is O=C(COc1ccc(Cl)cc1)N1CCN(c2cnnc(N3CCOCC3)c2)CC1. The van der Waals surface area contributed by atoms with Crippen molar-refractivity contribution in [2.24, 2.45) is 0 Å². The number of carbonyl (C=O) groups excluding carboxylic acids is 1. The third-order valence-electron chi connectivity index (χ3n) is 5.14. The lowest BCUT2D eigenvalue weighted by Gasteiger charge is -2.36. The molecule has 0 bridgehead atoms. The minimum absolute atomic E-state index is 0.0125. The van der Waals surface area contributed by atoms with Gasteiger partial charge in [-0.25, -0.2) is 0 Å². The summed E-state index contributed by atoms with van der Waals surface area (Å²) < 4.78 is 11.0. The van der Waals surface area contributed by atoms with Crippen molar-refractivity contribution in [1.29, 1.82) is 0 Å². The number of carbonyl (C=O) groups is 1. The van der Waals surface area contributed by atoms with Crippen LogP contribution in [0.5, 0.6) is 5.75 Å². The predicted molar refractivity (Wildman–Crippen MR) is 111 cm³/mol. The van der Waals surface area contributed by atoms with E-state index in [9.17, 15) is 4.79 Å². The van der Waals surface area contributed by atoms with Gasteiger partial charge in [-0.05, 0) is 24.3 Å². The summed E-state index contributed by atoms with van der Waals surface area (Å²) >= 11 is 5.86. The molecule has 0 saturated carbocycles. The van der Waals surface area contributed by atoms with Crippen LogP contribution in [0.3, 0.4) is 0 Å². The Kier molecular flexibility index (Phi) is 6.31. The number of rotatable bonds is 5. The van der Waals surface area contributed by atoms with Gasteiger partial charge in [0.25, 0.3) is 5.91 Å². The molecule has 1 amide bonds. The summed E-state index contributed by atoms with van der Waals surface area (Å²) in [5, 5.41) is 9.08. The molecule has 4 rings (SSSR count). The minimum atomic E-state index is -0.0125. The zero-order valence-electron chi connectivity index (χ0n) is 16.2. The maximum atomic E-state index is 12.5. The van der Waals surface area contributed by atoms with Crippen LogP contribution >= 0.6 is 11.6 Å². The molecule has 8 nitrogen and oxygen atoms in total. The lowest BCUT2D eigenvalue weighted by Crippen LogP contribution is -2.50. The molecule has 1 aromatic heterocycles. The molecule has 2 saturated heterocycles. The highest BCUT2D eigenvalue weighted by Gasteiger charge is 2.23. The van der Waals surface area contributed by atoms with E-state index in [1.165, 1.54) is 0 Å². The Balaban J connectivity index is 1.28. The first-order valence-electron chi connectivity index (χ1n) is 9.75. The number of nitrogens with zero attached hydrogens (tertiary/aromatic N) is 5. The number of amides is 1. The fraction of sp³-hybridized carbons (Fsp3) is 0.450. The van der Waals surface area contributed by atoms with E-state index >= 15 is 0 Å². The van der Waals surface area contributed by atoms with Crippen molar-refractivity contribution in [3.05, 3.63) is 41.6 Å². The molecule has 0 aliphatic carbocycles. The lowest BCUT2D eigenvalue weighted by molar-refractivity contribution is -0.133. The van der Waals surface area contributed by atoms with E-state index in [-0.39, 0.29) is 12.5 Å². The van der Waals surface area contributed by atoms with E-state index in [1.807, 2.05) is 4.90 Å². The first kappa shape index (κ1) is 19.7. The van der Waals surface area contributed by atoms with Gasteiger partial charge in [-0.1, -0.05) is 11.6 Å². The highest BCUT2D eigenvalue weighted by Crippen LogP contribution is 2.21. The molecule has 1 aromatic carbocycles. The molecule has 0 unspecified atom stereocenters. The Morgan fingerprint density at radius 3 is 2.48 bits per heavy atom. The van der Waals surface area contributed by atoms with Crippen molar-refractivity contribution in [2.45, 2.75) is 0 Å². The Morgan fingerprint density at radius 1 is 1.03 bits per heavy atom. The molecular formula is C20H24ClN5O3. The van der Waals surface area contributed by atoms with Crippen LogP contribution in [-0.4, -0.2) is 80.1 Å². The van der Waals surface area contributed by atoms with Crippen molar-refractivity contribution >= 4 is 29.0 Å². The summed E-state index contributed by atoms with van der Waals surface area (Å²) in [5.74, 6) is 1.50. The Hall–Kier alpha value is -2.58. The topological polar surface area (TPSA) is 71.0 Å². The smallest absolute Gasteiger partial charge is 0.260 e. The molecule has 2 aliphatic rings. The molecule has 29 heavy (non-hydrogen) atoms. The predicted octanol–water partition coefficient (Wildman–Crippen LogP) is 1.69. The van der Waals surface area contributed by atoms with Crippen LogP contribution in [0.15, 0.2) is 36.5 Å². The molecule has 154 valence electrons. The summed E-state index contributed by atoms with van der Waals surface area (Å²) in [6.45, 7) is 5.91. The van der Waals surface area contributed by atoms with Crippen molar-refractivity contribution in [3.63, 3.8) is 0 Å². The number of aromatic nitrogens is 2. The first-order valence-corrected chi connectivity index (χ1v) is 10.1. The second kappa shape index (κ2) is 9.28. The number of hydrogen-bond acceptors (Lipinski definition) is 7. The molecular weight excluding hydrogens is 394 g/mol. The van der Waals surface area contributed by atoms with E-state index < -0.39 is 0 Å². The zero-order chi connectivity index (χ0) is 20.1. The van der Waals surface area contributed by atoms with Crippen LogP contribution in [0.25, 0.3) is 0 Å². The fourth-order valence-electron chi connectivity index (χ4n) is 3.45. The highest BCUT2D eigenvalue weighted by molar-refractivity contribution is 6.30. The summed E-state index contributed by atoms with van der Waals surface area (Å²) in [4.78, 5) is 18.7. The third kappa shape index (κ3) is 5.07. The van der Waals surface area contributed by atoms with Crippen LogP contribution < -0.4 is 14.5 Å². The van der Waals surface area contributed by atoms with Gasteiger partial charge >= 0.3 is 0 Å². The summed E-state index contributed by atoms with van der Waals surface area (Å²) in [5.41, 5.74) is 1.03. The molecule has 0 N–H and O–H groups in total. The maximum absolute atomic E-state index is 12.5. The van der Waals surface area contributed by atoms with Gasteiger partial charge in [0.1, 0.15) is 5.75 Å². The van der Waals surface area contributed by atoms with Gasteiger partial charge in [-0.3, -0.25) is 4.79 Å². The largest absolute Gasteiger partial charge is 0.484 e. The molecule has 2 aliphatic heterocycles. The highest BCUT2D eigenvalue weighted by atomic mass is 35.5. The van der Waals surface area contributed by atoms with Crippen molar-refractivity contribution in [3.8, 4) is 5.75 Å². The first-order chi connectivity index (χ1) is 14.2. The number of halogens is 1. The van der Waals surface area contributed by atoms with Gasteiger partial charge in [0, 0.05) is 50.4 Å². The monoisotopic (exact) mass is 417 g/mol. The van der Waals surface area contributed by atoms with Crippen molar-refractivity contribution < 1.29 is 14.3 Å². The van der Waals surface area contributed by atoms with E-state index in [0.29, 0.717) is 37.1 Å². The summed E-state index contributed by atoms with van der Waals surface area (Å²) in [7, 11) is 0. The van der Waals surface area contributed by atoms with Crippen LogP contribution in [0, 0.1) is 0 Å². The Morgan fingerprint density at radius 2 is 1.76 bits per heavy atom. The van der Waals surface area contributed by atoms with Crippen LogP contribution in [0.4, 0.5) is 11.5 Å². The second-order valence-corrected chi connectivity index (χ2v) is 7.42. The molecule has 2 fully saturated rings. The van der Waals surface area contributed by atoms with Crippen molar-refractivity contribution in [2.75, 3.05) is 68.9 Å². The zero-order valence-corrected chi connectivity index (χ0v) is 16.9. The number of morpholine rings is 1. The Bertz CT molecular complexity index is 821. The normalized spacial score (nSPS) is 17.3. The van der Waals surface area contributed by atoms with Gasteiger partial charge in [0.2, 0.25) is 0 Å². The maximum Gasteiger partial charge on any atom is 0.260 e. The molecule has 0 radical (unpaired) electrons. The van der Waals surface area contributed by atoms with Crippen LogP contribution in [0.2, 0.25) is 5.02 Å². The molecule has 3 heterocycles. The van der Waals surface area contributed by atoms with Gasteiger partial charge in [0.15, 0.2) is 12.4 Å². The van der Waals surface area contributed by atoms with E-state index in [2.05, 4.69) is 26.1 Å². The van der Waals surface area contributed by atoms with Crippen LogP contribution in [0.1, 0.15) is 0 Å². The lowest BCUT2D eigenvalue weighted by atomic mass is 10.2. The average molecular weight is 418 g/mol. The number of ether oxygens (including phenoxy) is 2. The standard InChI is InChI=1S/C20H24ClN5O3/c21-16-1-3-18(4-2-16)29-15-20(27)26-7-5-24(6-8-26)17-13-19(23-22-14-17)25-9-11-28-12-10-25/h1-4,13-14H,5-12,15H2. The minimum Gasteiger partial charge on any atom is -0.484 e. The van der Waals surface area contributed by atoms with Gasteiger partial charge in [-0.15, -0.1) is 5.10 Å². The number of hydrogen-bond donors (Lipinski definition) is 0. The van der Waals surface area contributed by atoms with Gasteiger partial charge in [0.05, 0.1) is 25.1 Å². The van der Waals surface area contributed by atoms with E-state index in [1.54, 1.807) is 30.5 Å². The summed E-state index contributed by atoms with van der Waals surface area (Å²) in [6, 6.07) is 9.08. The third-order valence-corrected chi connectivity index (χ3v) is 5.39. The average Bonchev–Trinajstić information content (AvgIpc) is 2.79. The Labute approximate surface area is 175 Å². The second-order valence-electron chi connectivity index (χ2n) is 6.98. The van der Waals surface area contributed by atoms with E-state index in [0.717, 1.165) is 37.7 Å².